The highest BCUT2D eigenvalue weighted by Gasteiger charge is 2.26. The lowest BCUT2D eigenvalue weighted by atomic mass is 9.78. The first-order valence-electron chi connectivity index (χ1n) is 6.62. The van der Waals surface area contributed by atoms with Gasteiger partial charge in [0.2, 0.25) is 6.20 Å². The van der Waals surface area contributed by atoms with Gasteiger partial charge in [0.15, 0.2) is 0 Å². The minimum atomic E-state index is -0.486. The zero-order valence-electron chi connectivity index (χ0n) is 13.0. The summed E-state index contributed by atoms with van der Waals surface area (Å²) < 4.78 is 0. The summed E-state index contributed by atoms with van der Waals surface area (Å²) in [6.07, 6.45) is 2.38. The lowest BCUT2D eigenvalue weighted by Crippen LogP contribution is -2.17. The molecule has 20 heavy (non-hydrogen) atoms. The third-order valence-electron chi connectivity index (χ3n) is 3.14. The zero-order valence-corrected chi connectivity index (χ0v) is 13.0. The zero-order chi connectivity index (χ0) is 15.7. The first kappa shape index (κ1) is 16.2. The Morgan fingerprint density at radius 2 is 1.45 bits per heavy atom. The average molecular weight is 277 g/mol. The fourth-order valence-electron chi connectivity index (χ4n) is 2.04. The number of aromatic hydroxyl groups is 1. The second-order valence-electron chi connectivity index (χ2n) is 7.07. The molecule has 1 rings (SSSR count). The molecule has 0 aromatic heterocycles. The fourth-order valence-corrected chi connectivity index (χ4v) is 2.04. The highest BCUT2D eigenvalue weighted by molar-refractivity contribution is 5.58. The Labute approximate surface area is 120 Å². The van der Waals surface area contributed by atoms with Crippen LogP contribution < -0.4 is 0 Å². The maximum atomic E-state index is 10.5. The van der Waals surface area contributed by atoms with Gasteiger partial charge in [0.25, 0.3) is 0 Å². The van der Waals surface area contributed by atoms with Gasteiger partial charge in [0.1, 0.15) is 5.75 Å². The van der Waals surface area contributed by atoms with Crippen molar-refractivity contribution in [3.05, 3.63) is 45.1 Å². The van der Waals surface area contributed by atoms with Crippen molar-refractivity contribution in [1.82, 2.24) is 0 Å². The smallest absolute Gasteiger partial charge is 0.235 e. The number of hydrogen-bond acceptors (Lipinski definition) is 3. The third-order valence-corrected chi connectivity index (χ3v) is 3.14. The van der Waals surface area contributed by atoms with E-state index in [1.807, 2.05) is 53.7 Å². The van der Waals surface area contributed by atoms with Crippen molar-refractivity contribution in [2.24, 2.45) is 0 Å². The number of nitro groups is 1. The SMILES string of the molecule is CC(C)(C)c1cc(/C=C/[N+](=O)[O-])cc(C(C)(C)C)c1O. The average Bonchev–Trinajstić information content (AvgIpc) is 2.24. The fraction of sp³-hybridized carbons (Fsp3) is 0.500. The van der Waals surface area contributed by atoms with Gasteiger partial charge in [-0.1, -0.05) is 41.5 Å². The summed E-state index contributed by atoms with van der Waals surface area (Å²) in [5.41, 5.74) is 1.86. The van der Waals surface area contributed by atoms with Gasteiger partial charge in [-0.25, -0.2) is 0 Å². The molecule has 1 aromatic carbocycles. The highest BCUT2D eigenvalue weighted by Crippen LogP contribution is 2.39. The minimum absolute atomic E-state index is 0.234. The molecule has 0 aliphatic heterocycles. The van der Waals surface area contributed by atoms with E-state index in [1.165, 1.54) is 6.08 Å². The summed E-state index contributed by atoms with van der Waals surface area (Å²) in [5.74, 6) is 0.281. The van der Waals surface area contributed by atoms with E-state index in [1.54, 1.807) is 0 Å². The summed E-state index contributed by atoms with van der Waals surface area (Å²) in [6, 6.07) is 3.62. The molecule has 0 aliphatic rings. The summed E-state index contributed by atoms with van der Waals surface area (Å²) in [5, 5.41) is 21.0. The van der Waals surface area contributed by atoms with E-state index in [2.05, 4.69) is 0 Å². The van der Waals surface area contributed by atoms with Crippen LogP contribution in [-0.4, -0.2) is 10.0 Å². The van der Waals surface area contributed by atoms with Crippen LogP contribution in [-0.2, 0) is 10.8 Å². The van der Waals surface area contributed by atoms with Crippen molar-refractivity contribution < 1.29 is 10.0 Å². The summed E-state index contributed by atoms with van der Waals surface area (Å²) in [4.78, 5) is 9.99. The number of phenolic OH excluding ortho intramolecular Hbond substituents is 1. The molecular formula is C16H23NO3. The molecule has 0 unspecified atom stereocenters. The number of hydrogen-bond donors (Lipinski definition) is 1. The molecule has 0 saturated heterocycles. The van der Waals surface area contributed by atoms with Crippen LogP contribution in [0.4, 0.5) is 0 Å². The van der Waals surface area contributed by atoms with E-state index in [9.17, 15) is 15.2 Å². The molecule has 110 valence electrons. The molecule has 0 fully saturated rings. The predicted molar refractivity (Wildman–Crippen MR) is 81.5 cm³/mol. The largest absolute Gasteiger partial charge is 0.507 e. The number of rotatable bonds is 2. The van der Waals surface area contributed by atoms with Crippen molar-refractivity contribution in [3.63, 3.8) is 0 Å². The van der Waals surface area contributed by atoms with Crippen LogP contribution >= 0.6 is 0 Å². The molecule has 0 aliphatic carbocycles. The standard InChI is InChI=1S/C16H23NO3/c1-15(2,3)12-9-11(7-8-17(19)20)10-13(14(12)18)16(4,5)6/h7-10,18H,1-6H3/b8-7+. The quantitative estimate of drug-likeness (QED) is 0.649. The normalized spacial score (nSPS) is 12.9. The lowest BCUT2D eigenvalue weighted by Gasteiger charge is -2.27. The maximum absolute atomic E-state index is 10.5. The van der Waals surface area contributed by atoms with Gasteiger partial charge in [-0.2, -0.15) is 0 Å². The Morgan fingerprint density at radius 3 is 1.75 bits per heavy atom. The van der Waals surface area contributed by atoms with Crippen LogP contribution in [0.2, 0.25) is 0 Å². The second-order valence-corrected chi connectivity index (χ2v) is 7.07. The molecule has 4 nitrogen and oxygen atoms in total. The molecule has 1 aromatic rings. The first-order valence-corrected chi connectivity index (χ1v) is 6.62. The van der Waals surface area contributed by atoms with Crippen molar-refractivity contribution in [2.75, 3.05) is 0 Å². The van der Waals surface area contributed by atoms with Gasteiger partial charge < -0.3 is 5.11 Å². The van der Waals surface area contributed by atoms with Crippen molar-refractivity contribution in [2.45, 2.75) is 52.4 Å². The van der Waals surface area contributed by atoms with E-state index in [0.29, 0.717) is 0 Å². The van der Waals surface area contributed by atoms with E-state index in [-0.39, 0.29) is 16.6 Å². The van der Waals surface area contributed by atoms with Gasteiger partial charge in [0.05, 0.1) is 4.92 Å². The van der Waals surface area contributed by atoms with E-state index < -0.39 is 4.92 Å². The lowest BCUT2D eigenvalue weighted by molar-refractivity contribution is -0.400. The van der Waals surface area contributed by atoms with Gasteiger partial charge in [-0.3, -0.25) is 10.1 Å². The molecule has 0 heterocycles. The van der Waals surface area contributed by atoms with Crippen molar-refractivity contribution >= 4 is 6.08 Å². The van der Waals surface area contributed by atoms with Crippen molar-refractivity contribution in [3.8, 4) is 5.75 Å². The Kier molecular flexibility index (Phi) is 4.27. The molecule has 0 spiro atoms. The van der Waals surface area contributed by atoms with Crippen LogP contribution in [0.5, 0.6) is 5.75 Å². The third kappa shape index (κ3) is 3.83. The summed E-state index contributed by atoms with van der Waals surface area (Å²) in [7, 11) is 0. The summed E-state index contributed by atoms with van der Waals surface area (Å²) in [6.45, 7) is 12.1. The molecule has 1 N–H and O–H groups in total. The van der Waals surface area contributed by atoms with Crippen molar-refractivity contribution in [1.29, 1.82) is 0 Å². The monoisotopic (exact) mass is 277 g/mol. The van der Waals surface area contributed by atoms with Gasteiger partial charge >= 0.3 is 0 Å². The molecule has 0 amide bonds. The van der Waals surface area contributed by atoms with Crippen LogP contribution in [0, 0.1) is 10.1 Å². The molecular weight excluding hydrogens is 254 g/mol. The second kappa shape index (κ2) is 5.27. The van der Waals surface area contributed by atoms with E-state index in [0.717, 1.165) is 22.9 Å². The Morgan fingerprint density at radius 1 is 1.05 bits per heavy atom. The molecule has 0 bridgehead atoms. The van der Waals surface area contributed by atoms with Crippen LogP contribution in [0.3, 0.4) is 0 Å². The van der Waals surface area contributed by atoms with Gasteiger partial charge in [-0.05, 0) is 28.5 Å². The topological polar surface area (TPSA) is 63.4 Å². The van der Waals surface area contributed by atoms with E-state index in [4.69, 9.17) is 0 Å². The Balaban J connectivity index is 3.54. The number of benzene rings is 1. The predicted octanol–water partition coefficient (Wildman–Crippen LogP) is 4.23. The number of phenols is 1. The van der Waals surface area contributed by atoms with Crippen LogP contribution in [0.1, 0.15) is 58.2 Å². The molecule has 0 saturated carbocycles. The highest BCUT2D eigenvalue weighted by atomic mass is 16.6. The molecule has 0 radical (unpaired) electrons. The Hall–Kier alpha value is -1.84. The number of nitrogens with zero attached hydrogens (tertiary/aromatic N) is 1. The van der Waals surface area contributed by atoms with Crippen LogP contribution in [0.25, 0.3) is 6.08 Å². The molecule has 0 atom stereocenters. The van der Waals surface area contributed by atoms with Crippen LogP contribution in [0.15, 0.2) is 18.3 Å². The maximum Gasteiger partial charge on any atom is 0.235 e. The van der Waals surface area contributed by atoms with E-state index >= 15 is 0 Å². The van der Waals surface area contributed by atoms with Gasteiger partial charge in [-0.15, -0.1) is 0 Å². The minimum Gasteiger partial charge on any atom is -0.507 e. The van der Waals surface area contributed by atoms with Gasteiger partial charge in [0, 0.05) is 17.2 Å². The Bertz CT molecular complexity index is 511. The summed E-state index contributed by atoms with van der Waals surface area (Å²) >= 11 is 0. The molecule has 4 heteroatoms. The first-order chi connectivity index (χ1) is 8.93.